The number of benzene rings is 1. The molecule has 90 valence electrons. The monoisotopic (exact) mass is 286 g/mol. The molecule has 3 heteroatoms. The number of aryl methyl sites for hydroxylation is 1. The second-order valence-electron chi connectivity index (χ2n) is 3.77. The average molecular weight is 287 g/mol. The van der Waals surface area contributed by atoms with Crippen LogP contribution in [0.15, 0.2) is 22.7 Å². The molecule has 0 radical (unpaired) electrons. The highest BCUT2D eigenvalue weighted by Crippen LogP contribution is 2.26. The van der Waals surface area contributed by atoms with Gasteiger partial charge < -0.3 is 9.47 Å². The van der Waals surface area contributed by atoms with Crippen LogP contribution in [0.3, 0.4) is 0 Å². The molecule has 0 saturated heterocycles. The summed E-state index contributed by atoms with van der Waals surface area (Å²) in [4.78, 5) is 0. The predicted molar refractivity (Wildman–Crippen MR) is 69.9 cm³/mol. The fourth-order valence-corrected chi connectivity index (χ4v) is 2.06. The molecule has 0 atom stereocenters. The summed E-state index contributed by atoms with van der Waals surface area (Å²) in [6.07, 6.45) is 4.94. The van der Waals surface area contributed by atoms with Crippen LogP contribution in [0.1, 0.15) is 31.7 Å². The van der Waals surface area contributed by atoms with Crippen molar-refractivity contribution in [1.82, 2.24) is 0 Å². The van der Waals surface area contributed by atoms with E-state index in [2.05, 4.69) is 35.0 Å². The van der Waals surface area contributed by atoms with Crippen molar-refractivity contribution in [3.05, 3.63) is 28.2 Å². The van der Waals surface area contributed by atoms with Crippen molar-refractivity contribution in [2.45, 2.75) is 32.6 Å². The van der Waals surface area contributed by atoms with Crippen molar-refractivity contribution in [3.8, 4) is 5.75 Å². The zero-order chi connectivity index (χ0) is 11.8. The molecule has 2 nitrogen and oxygen atoms in total. The molecule has 1 aromatic carbocycles. The quantitative estimate of drug-likeness (QED) is 0.553. The molecule has 16 heavy (non-hydrogen) atoms. The summed E-state index contributed by atoms with van der Waals surface area (Å²) in [5.74, 6) is 0.834. The lowest BCUT2D eigenvalue weighted by Gasteiger charge is -2.08. The van der Waals surface area contributed by atoms with Gasteiger partial charge in [-0.3, -0.25) is 0 Å². The number of hydrogen-bond donors (Lipinski definition) is 0. The van der Waals surface area contributed by atoms with Crippen molar-refractivity contribution in [3.63, 3.8) is 0 Å². The van der Waals surface area contributed by atoms with Crippen LogP contribution in [0, 0.1) is 0 Å². The summed E-state index contributed by atoms with van der Waals surface area (Å²) in [6.45, 7) is 2.51. The number of halogens is 1. The van der Waals surface area contributed by atoms with Gasteiger partial charge in [0.1, 0.15) is 5.75 Å². The van der Waals surface area contributed by atoms with E-state index in [1.54, 1.807) is 7.11 Å². The van der Waals surface area contributed by atoms with Gasteiger partial charge in [0.15, 0.2) is 6.79 Å². The van der Waals surface area contributed by atoms with Gasteiger partial charge in [-0.05, 0) is 46.5 Å². The first-order chi connectivity index (χ1) is 7.77. The number of unbranched alkanes of at least 4 members (excludes halogenated alkanes) is 2. The fraction of sp³-hybridized carbons (Fsp3) is 0.538. The van der Waals surface area contributed by atoms with Crippen LogP contribution in [0.25, 0.3) is 0 Å². The molecule has 0 aromatic heterocycles. The van der Waals surface area contributed by atoms with E-state index in [0.29, 0.717) is 0 Å². The smallest absolute Gasteiger partial charge is 0.188 e. The molecule has 0 heterocycles. The third-order valence-electron chi connectivity index (χ3n) is 2.40. The van der Waals surface area contributed by atoms with Crippen LogP contribution in [0.5, 0.6) is 5.75 Å². The Hall–Kier alpha value is -0.540. The number of methoxy groups -OCH3 is 1. The first kappa shape index (κ1) is 13.5. The standard InChI is InChI=1S/C13H19BrO2/c1-3-4-5-6-11-7-8-13(12(14)9-11)16-10-15-2/h7-9H,3-6,10H2,1-2H3. The van der Waals surface area contributed by atoms with E-state index in [0.717, 1.165) is 16.6 Å². The second kappa shape index (κ2) is 7.69. The van der Waals surface area contributed by atoms with Gasteiger partial charge in [-0.1, -0.05) is 25.8 Å². The van der Waals surface area contributed by atoms with E-state index in [9.17, 15) is 0 Å². The van der Waals surface area contributed by atoms with Gasteiger partial charge in [-0.2, -0.15) is 0 Å². The number of hydrogen-bond acceptors (Lipinski definition) is 2. The fourth-order valence-electron chi connectivity index (χ4n) is 1.52. The molecule has 0 amide bonds. The first-order valence-corrected chi connectivity index (χ1v) is 6.47. The lowest BCUT2D eigenvalue weighted by molar-refractivity contribution is 0.0506. The SMILES string of the molecule is CCCCCc1ccc(OCOC)c(Br)c1. The van der Waals surface area contributed by atoms with Crippen molar-refractivity contribution < 1.29 is 9.47 Å². The van der Waals surface area contributed by atoms with Crippen LogP contribution in [-0.2, 0) is 11.2 Å². The Morgan fingerprint density at radius 2 is 2.06 bits per heavy atom. The molecule has 0 N–H and O–H groups in total. The van der Waals surface area contributed by atoms with Gasteiger partial charge >= 0.3 is 0 Å². The average Bonchev–Trinajstić information content (AvgIpc) is 2.28. The van der Waals surface area contributed by atoms with Gasteiger partial charge in [0.05, 0.1) is 4.47 Å². The van der Waals surface area contributed by atoms with Gasteiger partial charge in [0.25, 0.3) is 0 Å². The molecule has 0 unspecified atom stereocenters. The highest BCUT2D eigenvalue weighted by molar-refractivity contribution is 9.10. The molecule has 0 fully saturated rings. The minimum atomic E-state index is 0.285. The molecular formula is C13H19BrO2. The summed E-state index contributed by atoms with van der Waals surface area (Å²) >= 11 is 3.51. The van der Waals surface area contributed by atoms with E-state index in [1.807, 2.05) is 6.07 Å². The van der Waals surface area contributed by atoms with Crippen molar-refractivity contribution >= 4 is 15.9 Å². The minimum Gasteiger partial charge on any atom is -0.466 e. The number of ether oxygens (including phenoxy) is 2. The molecule has 0 spiro atoms. The zero-order valence-corrected chi connectivity index (χ0v) is 11.5. The number of rotatable bonds is 7. The third-order valence-corrected chi connectivity index (χ3v) is 3.02. The van der Waals surface area contributed by atoms with Crippen molar-refractivity contribution in [2.75, 3.05) is 13.9 Å². The Labute approximate surface area is 106 Å². The van der Waals surface area contributed by atoms with Gasteiger partial charge in [0.2, 0.25) is 0 Å². The highest BCUT2D eigenvalue weighted by atomic mass is 79.9. The summed E-state index contributed by atoms with van der Waals surface area (Å²) in [7, 11) is 1.62. The molecule has 0 aliphatic carbocycles. The maximum Gasteiger partial charge on any atom is 0.188 e. The normalized spacial score (nSPS) is 10.4. The Kier molecular flexibility index (Phi) is 6.50. The van der Waals surface area contributed by atoms with Crippen LogP contribution in [-0.4, -0.2) is 13.9 Å². The second-order valence-corrected chi connectivity index (χ2v) is 4.63. The Bertz CT molecular complexity index is 313. The van der Waals surface area contributed by atoms with Crippen molar-refractivity contribution in [2.24, 2.45) is 0 Å². The van der Waals surface area contributed by atoms with Gasteiger partial charge in [-0.25, -0.2) is 0 Å². The Morgan fingerprint density at radius 1 is 1.25 bits per heavy atom. The molecule has 0 aliphatic rings. The highest BCUT2D eigenvalue weighted by Gasteiger charge is 2.02. The maximum absolute atomic E-state index is 5.40. The van der Waals surface area contributed by atoms with E-state index in [1.165, 1.54) is 24.8 Å². The summed E-state index contributed by atoms with van der Waals surface area (Å²) in [5, 5.41) is 0. The predicted octanol–water partition coefficient (Wildman–Crippen LogP) is 4.16. The van der Waals surface area contributed by atoms with Crippen LogP contribution in [0.2, 0.25) is 0 Å². The summed E-state index contributed by atoms with van der Waals surface area (Å²) in [5.41, 5.74) is 1.35. The Morgan fingerprint density at radius 3 is 2.69 bits per heavy atom. The maximum atomic E-state index is 5.40. The first-order valence-electron chi connectivity index (χ1n) is 5.68. The minimum absolute atomic E-state index is 0.285. The lowest BCUT2D eigenvalue weighted by Crippen LogP contribution is -1.99. The van der Waals surface area contributed by atoms with Gasteiger partial charge in [-0.15, -0.1) is 0 Å². The largest absolute Gasteiger partial charge is 0.466 e. The van der Waals surface area contributed by atoms with E-state index in [-0.39, 0.29) is 6.79 Å². The third kappa shape index (κ3) is 4.54. The molecule has 0 saturated carbocycles. The summed E-state index contributed by atoms with van der Waals surface area (Å²) < 4.78 is 11.3. The molecule has 0 aliphatic heterocycles. The molecule has 0 bridgehead atoms. The lowest BCUT2D eigenvalue weighted by atomic mass is 10.1. The van der Waals surface area contributed by atoms with Crippen LogP contribution < -0.4 is 4.74 Å². The van der Waals surface area contributed by atoms with Gasteiger partial charge in [0, 0.05) is 7.11 Å². The van der Waals surface area contributed by atoms with Crippen molar-refractivity contribution in [1.29, 1.82) is 0 Å². The molecular weight excluding hydrogens is 268 g/mol. The Balaban J connectivity index is 2.53. The van der Waals surface area contributed by atoms with E-state index in [4.69, 9.17) is 9.47 Å². The van der Waals surface area contributed by atoms with Crippen LogP contribution in [0.4, 0.5) is 0 Å². The summed E-state index contributed by atoms with van der Waals surface area (Å²) in [6, 6.07) is 6.23. The zero-order valence-electron chi connectivity index (χ0n) is 9.96. The topological polar surface area (TPSA) is 18.5 Å². The molecule has 1 aromatic rings. The molecule has 1 rings (SSSR count). The van der Waals surface area contributed by atoms with Crippen LogP contribution >= 0.6 is 15.9 Å². The van der Waals surface area contributed by atoms with E-state index >= 15 is 0 Å². The van der Waals surface area contributed by atoms with E-state index < -0.39 is 0 Å².